The molecule has 1 fully saturated rings. The minimum absolute atomic E-state index is 0.0992. The van der Waals surface area contributed by atoms with Crippen LogP contribution < -0.4 is 9.64 Å². The van der Waals surface area contributed by atoms with Gasteiger partial charge in [0.25, 0.3) is 5.69 Å². The van der Waals surface area contributed by atoms with Gasteiger partial charge in [0, 0.05) is 61.8 Å². The molecule has 7 heteroatoms. The minimum atomic E-state index is -0.346. The first kappa shape index (κ1) is 19.1. The van der Waals surface area contributed by atoms with E-state index in [1.807, 2.05) is 24.3 Å². The van der Waals surface area contributed by atoms with E-state index in [0.717, 1.165) is 43.0 Å². The second-order valence-electron chi connectivity index (χ2n) is 7.26. The highest BCUT2D eigenvalue weighted by atomic mass is 16.6. The fraction of sp³-hybridized carbons (Fsp3) is 0.318. The number of nitro groups is 1. The number of hydrogen-bond acceptors (Lipinski definition) is 6. The average molecular weight is 392 g/mol. The van der Waals surface area contributed by atoms with Crippen LogP contribution in [0.1, 0.15) is 18.5 Å². The zero-order valence-electron chi connectivity index (χ0n) is 16.6. The highest BCUT2D eigenvalue weighted by Gasteiger charge is 2.24. The average Bonchev–Trinajstić information content (AvgIpc) is 2.78. The SMILES string of the molecule is COc1cccc(C(C)N2CCN(c3ccc([N+](=O)[O-])c4cnccc34)CC2)c1. The third-order valence-corrected chi connectivity index (χ3v) is 5.75. The van der Waals surface area contributed by atoms with Crippen LogP contribution in [0, 0.1) is 10.1 Å². The van der Waals surface area contributed by atoms with Crippen LogP contribution in [-0.4, -0.2) is 48.1 Å². The molecule has 0 saturated carbocycles. The van der Waals surface area contributed by atoms with Crippen LogP contribution in [0.3, 0.4) is 0 Å². The third-order valence-electron chi connectivity index (χ3n) is 5.75. The second kappa shape index (κ2) is 8.05. The van der Waals surface area contributed by atoms with Crippen molar-refractivity contribution in [1.82, 2.24) is 9.88 Å². The number of aromatic nitrogens is 1. The van der Waals surface area contributed by atoms with Crippen molar-refractivity contribution in [3.05, 3.63) is 70.5 Å². The molecule has 2 aromatic carbocycles. The molecule has 7 nitrogen and oxygen atoms in total. The number of rotatable bonds is 5. The molecule has 1 aliphatic heterocycles. The summed E-state index contributed by atoms with van der Waals surface area (Å²) in [4.78, 5) is 19.9. The van der Waals surface area contributed by atoms with Gasteiger partial charge in [0.1, 0.15) is 5.75 Å². The van der Waals surface area contributed by atoms with E-state index in [9.17, 15) is 10.1 Å². The van der Waals surface area contributed by atoms with Gasteiger partial charge in [0.2, 0.25) is 0 Å². The number of benzene rings is 2. The Bertz CT molecular complexity index is 1030. The molecule has 0 bridgehead atoms. The van der Waals surface area contributed by atoms with E-state index in [1.165, 1.54) is 5.56 Å². The molecule has 29 heavy (non-hydrogen) atoms. The number of methoxy groups -OCH3 is 1. The van der Waals surface area contributed by atoms with Gasteiger partial charge in [-0.2, -0.15) is 0 Å². The van der Waals surface area contributed by atoms with Crippen LogP contribution in [0.4, 0.5) is 11.4 Å². The molecule has 2 heterocycles. The first-order chi connectivity index (χ1) is 14.1. The molecule has 0 radical (unpaired) electrons. The fourth-order valence-corrected chi connectivity index (χ4v) is 4.06. The number of anilines is 1. The van der Waals surface area contributed by atoms with Crippen molar-refractivity contribution < 1.29 is 9.66 Å². The smallest absolute Gasteiger partial charge is 0.278 e. The minimum Gasteiger partial charge on any atom is -0.497 e. The van der Waals surface area contributed by atoms with Gasteiger partial charge in [-0.3, -0.25) is 20.0 Å². The molecule has 0 N–H and O–H groups in total. The molecule has 150 valence electrons. The topological polar surface area (TPSA) is 71.7 Å². The second-order valence-corrected chi connectivity index (χ2v) is 7.26. The number of ether oxygens (including phenoxy) is 1. The highest BCUT2D eigenvalue weighted by Crippen LogP contribution is 2.34. The van der Waals surface area contributed by atoms with Crippen molar-refractivity contribution in [2.75, 3.05) is 38.2 Å². The lowest BCUT2D eigenvalue weighted by Crippen LogP contribution is -2.47. The quantitative estimate of drug-likeness (QED) is 0.482. The molecule has 1 aliphatic rings. The number of fused-ring (bicyclic) bond motifs is 1. The van der Waals surface area contributed by atoms with E-state index < -0.39 is 0 Å². The summed E-state index contributed by atoms with van der Waals surface area (Å²) in [5.41, 5.74) is 2.37. The van der Waals surface area contributed by atoms with Crippen LogP contribution in [0.2, 0.25) is 0 Å². The molecular formula is C22H24N4O3. The maximum Gasteiger partial charge on any atom is 0.278 e. The predicted octanol–water partition coefficient (Wildman–Crippen LogP) is 4.03. The van der Waals surface area contributed by atoms with Crippen molar-refractivity contribution in [2.24, 2.45) is 0 Å². The van der Waals surface area contributed by atoms with Crippen LogP contribution in [0.5, 0.6) is 5.75 Å². The number of piperazine rings is 1. The Balaban J connectivity index is 1.53. The molecule has 0 amide bonds. The predicted molar refractivity (Wildman–Crippen MR) is 114 cm³/mol. The van der Waals surface area contributed by atoms with Crippen molar-refractivity contribution in [2.45, 2.75) is 13.0 Å². The van der Waals surface area contributed by atoms with E-state index in [0.29, 0.717) is 11.4 Å². The maximum atomic E-state index is 11.3. The molecule has 1 aromatic heterocycles. The van der Waals surface area contributed by atoms with Gasteiger partial charge in [-0.1, -0.05) is 12.1 Å². The number of pyridine rings is 1. The van der Waals surface area contributed by atoms with E-state index in [-0.39, 0.29) is 10.6 Å². The molecule has 1 atom stereocenters. The van der Waals surface area contributed by atoms with Gasteiger partial charge < -0.3 is 9.64 Å². The van der Waals surface area contributed by atoms with Crippen molar-refractivity contribution in [3.8, 4) is 5.75 Å². The Morgan fingerprint density at radius 3 is 2.62 bits per heavy atom. The Morgan fingerprint density at radius 1 is 1.10 bits per heavy atom. The lowest BCUT2D eigenvalue weighted by atomic mass is 10.0. The first-order valence-corrected chi connectivity index (χ1v) is 9.72. The normalized spacial score (nSPS) is 16.0. The standard InChI is InChI=1S/C22H24N4O3/c1-16(17-4-3-5-18(14-17)29-2)24-10-12-25(13-11-24)21-6-7-22(26(27)28)20-15-23-9-8-19(20)21/h3-9,14-16H,10-13H2,1-2H3. The largest absolute Gasteiger partial charge is 0.497 e. The molecular weight excluding hydrogens is 368 g/mol. The van der Waals surface area contributed by atoms with Crippen LogP contribution in [0.15, 0.2) is 54.9 Å². The summed E-state index contributed by atoms with van der Waals surface area (Å²) in [5, 5.41) is 12.8. The molecule has 4 rings (SSSR count). The van der Waals surface area contributed by atoms with Gasteiger partial charge >= 0.3 is 0 Å². The van der Waals surface area contributed by atoms with E-state index >= 15 is 0 Å². The Kier molecular flexibility index (Phi) is 5.31. The summed E-state index contributed by atoms with van der Waals surface area (Å²) < 4.78 is 5.35. The summed E-state index contributed by atoms with van der Waals surface area (Å²) >= 11 is 0. The van der Waals surface area contributed by atoms with Crippen molar-refractivity contribution in [3.63, 3.8) is 0 Å². The monoisotopic (exact) mass is 392 g/mol. The van der Waals surface area contributed by atoms with Crippen LogP contribution in [-0.2, 0) is 0 Å². The zero-order valence-corrected chi connectivity index (χ0v) is 16.6. The van der Waals surface area contributed by atoms with Crippen LogP contribution in [0.25, 0.3) is 10.8 Å². The van der Waals surface area contributed by atoms with Crippen LogP contribution >= 0.6 is 0 Å². The van der Waals surface area contributed by atoms with Crippen molar-refractivity contribution in [1.29, 1.82) is 0 Å². The summed E-state index contributed by atoms with van der Waals surface area (Å²) in [6, 6.07) is 13.8. The molecule has 0 spiro atoms. The first-order valence-electron chi connectivity index (χ1n) is 9.72. The molecule has 0 aliphatic carbocycles. The lowest BCUT2D eigenvalue weighted by molar-refractivity contribution is -0.383. The van der Waals surface area contributed by atoms with Gasteiger partial charge in [0.15, 0.2) is 0 Å². The maximum absolute atomic E-state index is 11.3. The lowest BCUT2D eigenvalue weighted by Gasteiger charge is -2.39. The van der Waals surface area contributed by atoms with Gasteiger partial charge in [0.05, 0.1) is 17.4 Å². The van der Waals surface area contributed by atoms with E-state index in [1.54, 1.807) is 25.6 Å². The molecule has 1 saturated heterocycles. The Labute approximate surface area is 169 Å². The fourth-order valence-electron chi connectivity index (χ4n) is 4.06. The van der Waals surface area contributed by atoms with Gasteiger partial charge in [-0.05, 0) is 36.8 Å². The summed E-state index contributed by atoms with van der Waals surface area (Å²) in [6.45, 7) is 5.79. The van der Waals surface area contributed by atoms with E-state index in [2.05, 4.69) is 33.8 Å². The summed E-state index contributed by atoms with van der Waals surface area (Å²) in [7, 11) is 1.69. The summed E-state index contributed by atoms with van der Waals surface area (Å²) in [5.74, 6) is 0.874. The van der Waals surface area contributed by atoms with Gasteiger partial charge in [-0.15, -0.1) is 0 Å². The number of non-ortho nitro benzene ring substituents is 1. The third kappa shape index (κ3) is 3.73. The Hall–Kier alpha value is -3.19. The van der Waals surface area contributed by atoms with Gasteiger partial charge in [-0.25, -0.2) is 0 Å². The zero-order chi connectivity index (χ0) is 20.4. The molecule has 3 aromatic rings. The highest BCUT2D eigenvalue weighted by molar-refractivity contribution is 5.99. The summed E-state index contributed by atoms with van der Waals surface area (Å²) in [6.07, 6.45) is 3.27. The number of nitrogens with zero attached hydrogens (tertiary/aromatic N) is 4. The number of nitro benzene ring substituents is 1. The number of hydrogen-bond donors (Lipinski definition) is 0. The van der Waals surface area contributed by atoms with Crippen molar-refractivity contribution >= 4 is 22.1 Å². The molecule has 1 unspecified atom stereocenters. The Morgan fingerprint density at radius 2 is 1.90 bits per heavy atom. The van der Waals surface area contributed by atoms with E-state index in [4.69, 9.17) is 4.74 Å².